The lowest BCUT2D eigenvalue weighted by Crippen LogP contribution is -2.33. The maximum atomic E-state index is 14.9. The number of anilines is 2. The second-order valence-corrected chi connectivity index (χ2v) is 7.36. The maximum Gasteiger partial charge on any atom is 0.233 e. The van der Waals surface area contributed by atoms with Crippen molar-refractivity contribution in [1.82, 2.24) is 19.5 Å². The Hall–Kier alpha value is -2.37. The normalized spacial score (nSPS) is 34.7. The molecule has 1 aliphatic heterocycles. The number of carbonyl (C=O) groups excluding carboxylic acids is 1. The van der Waals surface area contributed by atoms with Gasteiger partial charge in [0.25, 0.3) is 0 Å². The standard InChI is InChI=1S/C16H21FN6O4/c1-6(2)11(24)22-14-20-9(18-4)7-10(21-14)23(5-19-7)12-8(17)16(26)13(25)15(16,3)27-12/h5-6,8,12-13,25-26H,1-4H3,(H2,18,20,21,22,24)/t8-,12+,13?,15+,16+/m0/s1. The third-order valence-electron chi connectivity index (χ3n) is 5.38. The molecule has 2 fully saturated rings. The molecule has 4 N–H and O–H groups in total. The van der Waals surface area contributed by atoms with Gasteiger partial charge in [-0.2, -0.15) is 9.97 Å². The molecule has 1 aliphatic carbocycles. The quantitative estimate of drug-likeness (QED) is 0.591. The zero-order valence-corrected chi connectivity index (χ0v) is 15.3. The summed E-state index contributed by atoms with van der Waals surface area (Å²) >= 11 is 0. The van der Waals surface area contributed by atoms with Crippen LogP contribution in [0.1, 0.15) is 27.0 Å². The monoisotopic (exact) mass is 380 g/mol. The van der Waals surface area contributed by atoms with Gasteiger partial charge in [-0.25, -0.2) is 9.37 Å². The summed E-state index contributed by atoms with van der Waals surface area (Å²) in [4.78, 5) is 24.7. The molecule has 1 saturated heterocycles. The molecule has 11 heteroatoms. The highest BCUT2D eigenvalue weighted by Gasteiger charge is 2.86. The van der Waals surface area contributed by atoms with Gasteiger partial charge in [-0.15, -0.1) is 0 Å². The summed E-state index contributed by atoms with van der Waals surface area (Å²) in [5, 5.41) is 25.6. The van der Waals surface area contributed by atoms with E-state index in [9.17, 15) is 19.4 Å². The van der Waals surface area contributed by atoms with Gasteiger partial charge in [0.1, 0.15) is 11.7 Å². The van der Waals surface area contributed by atoms with Crippen molar-refractivity contribution in [3.8, 4) is 0 Å². The first-order chi connectivity index (χ1) is 12.6. The van der Waals surface area contributed by atoms with Crippen LogP contribution in [-0.4, -0.2) is 66.2 Å². The van der Waals surface area contributed by atoms with E-state index in [0.717, 1.165) is 0 Å². The Bertz CT molecular complexity index is 935. The number of rotatable bonds is 4. The zero-order valence-electron chi connectivity index (χ0n) is 15.3. The van der Waals surface area contributed by atoms with E-state index >= 15 is 0 Å². The summed E-state index contributed by atoms with van der Waals surface area (Å²) in [6.45, 7) is 4.91. The number of carbonyl (C=O) groups is 1. The minimum Gasteiger partial charge on any atom is -0.387 e. The number of alkyl halides is 1. The summed E-state index contributed by atoms with van der Waals surface area (Å²) in [5.74, 6) is -0.158. The van der Waals surface area contributed by atoms with E-state index in [1.165, 1.54) is 17.8 Å². The fourth-order valence-electron chi connectivity index (χ4n) is 3.47. The Balaban J connectivity index is 1.76. The van der Waals surface area contributed by atoms with E-state index < -0.39 is 29.7 Å². The van der Waals surface area contributed by atoms with Gasteiger partial charge in [0.2, 0.25) is 11.9 Å². The summed E-state index contributed by atoms with van der Waals surface area (Å²) in [6.07, 6.45) is -3.07. The Kier molecular flexibility index (Phi) is 3.71. The second-order valence-electron chi connectivity index (χ2n) is 7.36. The molecule has 2 aromatic heterocycles. The first-order valence-corrected chi connectivity index (χ1v) is 8.60. The molecule has 2 aliphatic rings. The van der Waals surface area contributed by atoms with Crippen LogP contribution in [0.3, 0.4) is 0 Å². The van der Waals surface area contributed by atoms with Gasteiger partial charge in [0.05, 0.1) is 6.33 Å². The fraction of sp³-hybridized carbons (Fsp3) is 0.625. The van der Waals surface area contributed by atoms with Crippen molar-refractivity contribution in [2.75, 3.05) is 17.7 Å². The Morgan fingerprint density at radius 3 is 2.70 bits per heavy atom. The van der Waals surface area contributed by atoms with E-state index in [1.54, 1.807) is 20.9 Å². The number of hydrogen-bond acceptors (Lipinski definition) is 8. The minimum atomic E-state index is -1.97. The second kappa shape index (κ2) is 5.57. The van der Waals surface area contributed by atoms with Crippen LogP contribution in [0.4, 0.5) is 16.2 Å². The smallest absolute Gasteiger partial charge is 0.233 e. The highest BCUT2D eigenvalue weighted by molar-refractivity contribution is 5.92. The highest BCUT2D eigenvalue weighted by atomic mass is 19.1. The number of aliphatic hydroxyl groups is 2. The predicted molar refractivity (Wildman–Crippen MR) is 92.7 cm³/mol. The number of aromatic nitrogens is 4. The number of aliphatic hydroxyl groups excluding tert-OH is 1. The van der Waals surface area contributed by atoms with Gasteiger partial charge in [-0.3, -0.25) is 14.7 Å². The van der Waals surface area contributed by atoms with E-state index in [1.807, 2.05) is 0 Å². The molecule has 2 aromatic rings. The third-order valence-corrected chi connectivity index (χ3v) is 5.38. The molecule has 0 spiro atoms. The van der Waals surface area contributed by atoms with Crippen LogP contribution in [0, 0.1) is 5.92 Å². The first-order valence-electron chi connectivity index (χ1n) is 8.60. The number of ether oxygens (including phenoxy) is 1. The van der Waals surface area contributed by atoms with Crippen molar-refractivity contribution in [1.29, 1.82) is 0 Å². The lowest BCUT2D eigenvalue weighted by molar-refractivity contribution is -0.118. The van der Waals surface area contributed by atoms with Crippen molar-refractivity contribution in [2.45, 2.75) is 50.5 Å². The lowest BCUT2D eigenvalue weighted by atomic mass is 10.1. The average Bonchev–Trinajstić information content (AvgIpc) is 2.96. The molecule has 4 rings (SSSR count). The minimum absolute atomic E-state index is 0.0378. The van der Waals surface area contributed by atoms with Crippen molar-refractivity contribution >= 4 is 28.8 Å². The van der Waals surface area contributed by atoms with Gasteiger partial charge in [0, 0.05) is 13.0 Å². The molecular weight excluding hydrogens is 359 g/mol. The van der Waals surface area contributed by atoms with E-state index in [-0.39, 0.29) is 23.4 Å². The van der Waals surface area contributed by atoms with E-state index in [2.05, 4.69) is 25.6 Å². The molecule has 146 valence electrons. The molecule has 1 unspecified atom stereocenters. The number of nitrogens with one attached hydrogen (secondary N) is 2. The maximum absolute atomic E-state index is 14.9. The molecular formula is C16H21FN6O4. The number of imidazole rings is 1. The number of nitrogens with zero attached hydrogens (tertiary/aromatic N) is 4. The van der Waals surface area contributed by atoms with Crippen molar-refractivity contribution in [3.63, 3.8) is 0 Å². The van der Waals surface area contributed by atoms with Gasteiger partial charge in [-0.1, -0.05) is 13.8 Å². The molecule has 0 radical (unpaired) electrons. The third kappa shape index (κ3) is 2.22. The van der Waals surface area contributed by atoms with Gasteiger partial charge >= 0.3 is 0 Å². The van der Waals surface area contributed by atoms with Gasteiger partial charge < -0.3 is 20.3 Å². The van der Waals surface area contributed by atoms with Crippen LogP contribution < -0.4 is 10.6 Å². The molecule has 1 saturated carbocycles. The van der Waals surface area contributed by atoms with Crippen LogP contribution in [0.2, 0.25) is 0 Å². The Labute approximate surface area is 153 Å². The Morgan fingerprint density at radius 1 is 1.44 bits per heavy atom. The van der Waals surface area contributed by atoms with Crippen LogP contribution in [0.5, 0.6) is 0 Å². The molecule has 3 heterocycles. The number of fused-ring (bicyclic) bond motifs is 2. The highest BCUT2D eigenvalue weighted by Crippen LogP contribution is 2.63. The lowest BCUT2D eigenvalue weighted by Gasteiger charge is -2.21. The van der Waals surface area contributed by atoms with Crippen LogP contribution in [0.15, 0.2) is 6.33 Å². The molecule has 5 atom stereocenters. The molecule has 0 bridgehead atoms. The number of halogens is 1. The average molecular weight is 380 g/mol. The molecule has 10 nitrogen and oxygen atoms in total. The summed E-state index contributed by atoms with van der Waals surface area (Å²) in [6, 6.07) is 0. The van der Waals surface area contributed by atoms with Gasteiger partial charge in [0.15, 0.2) is 35.0 Å². The van der Waals surface area contributed by atoms with Crippen LogP contribution >= 0.6 is 0 Å². The van der Waals surface area contributed by atoms with Crippen molar-refractivity contribution < 1.29 is 24.1 Å². The van der Waals surface area contributed by atoms with Crippen LogP contribution in [0.25, 0.3) is 11.2 Å². The van der Waals surface area contributed by atoms with Crippen LogP contribution in [-0.2, 0) is 9.53 Å². The van der Waals surface area contributed by atoms with E-state index in [4.69, 9.17) is 4.74 Å². The summed E-state index contributed by atoms with van der Waals surface area (Å²) in [5.41, 5.74) is -2.78. The summed E-state index contributed by atoms with van der Waals surface area (Å²) in [7, 11) is 1.63. The van der Waals surface area contributed by atoms with E-state index in [0.29, 0.717) is 11.3 Å². The molecule has 1 amide bonds. The van der Waals surface area contributed by atoms with Crippen molar-refractivity contribution in [3.05, 3.63) is 6.33 Å². The predicted octanol–water partition coefficient (Wildman–Crippen LogP) is 0.194. The number of amides is 1. The molecule has 0 aromatic carbocycles. The molecule has 27 heavy (non-hydrogen) atoms. The van der Waals surface area contributed by atoms with Crippen molar-refractivity contribution in [2.24, 2.45) is 5.92 Å². The Morgan fingerprint density at radius 2 is 2.15 bits per heavy atom. The topological polar surface area (TPSA) is 134 Å². The van der Waals surface area contributed by atoms with Gasteiger partial charge in [-0.05, 0) is 6.92 Å². The zero-order chi connectivity index (χ0) is 19.7. The number of hydrogen-bond donors (Lipinski definition) is 4. The summed E-state index contributed by atoms with van der Waals surface area (Å²) < 4.78 is 21.8. The SMILES string of the molecule is CNc1nc(NC(=O)C(C)C)nc2c1ncn2[C@@H]1O[C@]2(C)C(O)[C@]2(O)[C@H]1F. The largest absolute Gasteiger partial charge is 0.387 e. The first kappa shape index (κ1) is 18.0. The fourth-order valence-corrected chi connectivity index (χ4v) is 3.47.